The largest absolute Gasteiger partial charge is 0.341 e. The Morgan fingerprint density at radius 1 is 1.23 bits per heavy atom. The molecule has 0 aliphatic heterocycles. The number of alkyl halides is 2. The zero-order valence-corrected chi connectivity index (χ0v) is 12.8. The number of amides is 1. The van der Waals surface area contributed by atoms with Crippen LogP contribution in [0, 0.1) is 0 Å². The van der Waals surface area contributed by atoms with Crippen molar-refractivity contribution < 1.29 is 13.6 Å². The minimum atomic E-state index is -2.61. The second-order valence-corrected chi connectivity index (χ2v) is 5.51. The van der Waals surface area contributed by atoms with Crippen LogP contribution in [0.25, 0.3) is 0 Å². The van der Waals surface area contributed by atoms with Crippen LogP contribution >= 0.6 is 11.8 Å². The quantitative estimate of drug-likeness (QED) is 0.766. The molecule has 0 aliphatic carbocycles. The summed E-state index contributed by atoms with van der Waals surface area (Å²) in [5, 5.41) is 0.0483. The Hall–Kier alpha value is -2.02. The van der Waals surface area contributed by atoms with Crippen LogP contribution in [0.2, 0.25) is 0 Å². The molecule has 0 spiro atoms. The lowest BCUT2D eigenvalue weighted by molar-refractivity contribution is 0.0792. The highest BCUT2D eigenvalue weighted by molar-refractivity contribution is 7.99. The monoisotopic (exact) mass is 323 g/mol. The summed E-state index contributed by atoms with van der Waals surface area (Å²) in [4.78, 5) is 21.9. The molecule has 0 fully saturated rings. The van der Waals surface area contributed by atoms with E-state index >= 15 is 0 Å². The van der Waals surface area contributed by atoms with Gasteiger partial charge in [-0.1, -0.05) is 6.07 Å². The maximum Gasteiger partial charge on any atom is 0.290 e. The molecule has 2 aromatic rings. The molecule has 2 heterocycles. The van der Waals surface area contributed by atoms with Crippen molar-refractivity contribution in [1.82, 2.24) is 14.9 Å². The molecule has 4 nitrogen and oxygen atoms in total. The van der Waals surface area contributed by atoms with Gasteiger partial charge in [0.05, 0.1) is 5.56 Å². The van der Waals surface area contributed by atoms with Crippen LogP contribution in [0.4, 0.5) is 8.78 Å². The first-order valence-electron chi connectivity index (χ1n) is 6.63. The molecule has 7 heteroatoms. The zero-order chi connectivity index (χ0) is 15.9. The van der Waals surface area contributed by atoms with Crippen LogP contribution in [0.15, 0.2) is 47.8 Å². The van der Waals surface area contributed by atoms with Crippen LogP contribution in [0.5, 0.6) is 0 Å². The van der Waals surface area contributed by atoms with Gasteiger partial charge in [-0.15, -0.1) is 0 Å². The maximum absolute atomic E-state index is 12.5. The Morgan fingerprint density at radius 3 is 2.68 bits per heavy atom. The lowest BCUT2D eigenvalue weighted by Gasteiger charge is -2.18. The van der Waals surface area contributed by atoms with Gasteiger partial charge in [0.25, 0.3) is 11.7 Å². The number of halogens is 2. The Labute approximate surface area is 131 Å². The predicted molar refractivity (Wildman–Crippen MR) is 81.0 cm³/mol. The molecule has 0 bridgehead atoms. The lowest BCUT2D eigenvalue weighted by atomic mass is 10.2. The molecular weight excluding hydrogens is 308 g/mol. The molecule has 0 unspecified atom stereocenters. The second-order valence-electron chi connectivity index (χ2n) is 4.53. The van der Waals surface area contributed by atoms with E-state index in [1.165, 1.54) is 17.2 Å². The van der Waals surface area contributed by atoms with Crippen molar-refractivity contribution >= 4 is 17.7 Å². The first-order valence-corrected chi connectivity index (χ1v) is 7.51. The number of carbonyl (C=O) groups excluding carboxylic acids is 1. The summed E-state index contributed by atoms with van der Waals surface area (Å²) in [5.41, 5.74) is 1.06. The minimum Gasteiger partial charge on any atom is -0.341 e. The van der Waals surface area contributed by atoms with E-state index in [1.54, 1.807) is 19.3 Å². The Kier molecular flexibility index (Phi) is 5.83. The Balaban J connectivity index is 2.04. The summed E-state index contributed by atoms with van der Waals surface area (Å²) < 4.78 is 25.0. The fraction of sp³-hybridized carbons (Fsp3) is 0.267. The smallest absolute Gasteiger partial charge is 0.290 e. The van der Waals surface area contributed by atoms with Gasteiger partial charge in [0, 0.05) is 38.1 Å². The lowest BCUT2D eigenvalue weighted by Crippen LogP contribution is -2.29. The molecule has 22 heavy (non-hydrogen) atoms. The molecule has 0 aromatic carbocycles. The number of likely N-dealkylation sites (N-methyl/N-ethyl adjacent to an activating group) is 1. The van der Waals surface area contributed by atoms with E-state index < -0.39 is 5.76 Å². The number of nitrogens with zero attached hydrogens (tertiary/aromatic N) is 3. The van der Waals surface area contributed by atoms with Gasteiger partial charge in [-0.05, 0) is 36.0 Å². The molecule has 116 valence electrons. The number of aromatic nitrogens is 2. The van der Waals surface area contributed by atoms with Crippen LogP contribution in [0.3, 0.4) is 0 Å². The van der Waals surface area contributed by atoms with E-state index in [4.69, 9.17) is 0 Å². The molecule has 0 aliphatic rings. The van der Waals surface area contributed by atoms with Crippen LogP contribution < -0.4 is 0 Å². The third kappa shape index (κ3) is 4.49. The van der Waals surface area contributed by atoms with Gasteiger partial charge >= 0.3 is 0 Å². The van der Waals surface area contributed by atoms with Gasteiger partial charge in [-0.2, -0.15) is 8.78 Å². The number of thioether (sulfide) groups is 1. The van der Waals surface area contributed by atoms with Crippen molar-refractivity contribution in [3.05, 3.63) is 54.0 Å². The summed E-state index contributed by atoms with van der Waals surface area (Å²) in [6, 6.07) is 8.65. The molecule has 2 aromatic heterocycles. The fourth-order valence-electron chi connectivity index (χ4n) is 1.87. The van der Waals surface area contributed by atoms with Gasteiger partial charge in [0.1, 0.15) is 5.03 Å². The van der Waals surface area contributed by atoms with Crippen LogP contribution in [0.1, 0.15) is 16.1 Å². The van der Waals surface area contributed by atoms with Crippen molar-refractivity contribution in [1.29, 1.82) is 0 Å². The first kappa shape index (κ1) is 16.4. The van der Waals surface area contributed by atoms with Crippen molar-refractivity contribution in [2.45, 2.75) is 17.2 Å². The number of carbonyl (C=O) groups is 1. The van der Waals surface area contributed by atoms with E-state index in [2.05, 4.69) is 9.97 Å². The van der Waals surface area contributed by atoms with E-state index in [1.807, 2.05) is 18.2 Å². The Morgan fingerprint density at radius 2 is 2.00 bits per heavy atom. The normalized spacial score (nSPS) is 10.7. The highest BCUT2D eigenvalue weighted by Crippen LogP contribution is 2.26. The van der Waals surface area contributed by atoms with E-state index in [9.17, 15) is 13.6 Å². The van der Waals surface area contributed by atoms with Gasteiger partial charge in [-0.3, -0.25) is 9.78 Å². The van der Waals surface area contributed by atoms with E-state index in [0.717, 1.165) is 5.69 Å². The summed E-state index contributed by atoms with van der Waals surface area (Å²) in [6.07, 6.45) is 3.69. The minimum absolute atomic E-state index is 0.0483. The van der Waals surface area contributed by atoms with Gasteiger partial charge in [-0.25, -0.2) is 4.98 Å². The molecule has 1 amide bonds. The average Bonchev–Trinajstić information content (AvgIpc) is 2.53. The molecular formula is C15H15F2N3OS. The standard InChI is InChI=1S/C15H15F2N3OS/c1-20(10-7-11-5-2-3-8-18-11)14(21)12-6-4-9-19-13(12)22-15(16)17/h2-6,8-9,15H,7,10H2,1H3. The summed E-state index contributed by atoms with van der Waals surface area (Å²) in [6.45, 7) is 0.448. The number of rotatable bonds is 6. The highest BCUT2D eigenvalue weighted by atomic mass is 32.2. The highest BCUT2D eigenvalue weighted by Gasteiger charge is 2.19. The first-order chi connectivity index (χ1) is 10.6. The van der Waals surface area contributed by atoms with Gasteiger partial charge in [0.15, 0.2) is 0 Å². The Bertz CT molecular complexity index is 625. The van der Waals surface area contributed by atoms with Crippen molar-refractivity contribution in [2.24, 2.45) is 0 Å². The van der Waals surface area contributed by atoms with Crippen molar-refractivity contribution in [3.8, 4) is 0 Å². The third-order valence-electron chi connectivity index (χ3n) is 2.98. The zero-order valence-electron chi connectivity index (χ0n) is 11.9. The van der Waals surface area contributed by atoms with Gasteiger partial charge < -0.3 is 4.90 Å². The SMILES string of the molecule is CN(CCc1ccccn1)C(=O)c1cccnc1SC(F)F. The second kappa shape index (κ2) is 7.84. The summed E-state index contributed by atoms with van der Waals surface area (Å²) in [7, 11) is 1.63. The fourth-order valence-corrected chi connectivity index (χ4v) is 2.44. The number of hydrogen-bond acceptors (Lipinski definition) is 4. The number of pyridine rings is 2. The average molecular weight is 323 g/mol. The molecule has 2 rings (SSSR count). The van der Waals surface area contributed by atoms with Crippen molar-refractivity contribution in [3.63, 3.8) is 0 Å². The molecule has 0 saturated heterocycles. The molecule has 0 N–H and O–H groups in total. The third-order valence-corrected chi connectivity index (χ3v) is 3.71. The predicted octanol–water partition coefficient (Wildman–Crippen LogP) is 3.11. The topological polar surface area (TPSA) is 46.1 Å². The molecule has 0 saturated carbocycles. The van der Waals surface area contributed by atoms with E-state index in [-0.39, 0.29) is 28.3 Å². The summed E-state index contributed by atoms with van der Waals surface area (Å²) in [5.74, 6) is -2.94. The van der Waals surface area contributed by atoms with Crippen molar-refractivity contribution in [2.75, 3.05) is 13.6 Å². The summed E-state index contributed by atoms with van der Waals surface area (Å²) >= 11 is 0.281. The van der Waals surface area contributed by atoms with Crippen LogP contribution in [-0.2, 0) is 6.42 Å². The molecule has 0 radical (unpaired) electrons. The maximum atomic E-state index is 12.5. The molecule has 0 atom stereocenters. The number of hydrogen-bond donors (Lipinski definition) is 0. The van der Waals surface area contributed by atoms with Crippen LogP contribution in [-0.4, -0.2) is 40.1 Å². The van der Waals surface area contributed by atoms with Gasteiger partial charge in [0.2, 0.25) is 0 Å². The van der Waals surface area contributed by atoms with E-state index in [0.29, 0.717) is 13.0 Å².